The van der Waals surface area contributed by atoms with Gasteiger partial charge in [0.15, 0.2) is 0 Å². The van der Waals surface area contributed by atoms with Crippen molar-refractivity contribution in [2.75, 3.05) is 13.1 Å². The van der Waals surface area contributed by atoms with Crippen LogP contribution in [0.5, 0.6) is 0 Å². The predicted molar refractivity (Wildman–Crippen MR) is 54.2 cm³/mol. The van der Waals surface area contributed by atoms with Crippen LogP contribution in [0.4, 0.5) is 0 Å². The van der Waals surface area contributed by atoms with E-state index < -0.39 is 5.97 Å². The van der Waals surface area contributed by atoms with E-state index in [4.69, 9.17) is 5.11 Å². The topological polar surface area (TPSA) is 57.6 Å². The molecule has 84 valence electrons. The van der Waals surface area contributed by atoms with Gasteiger partial charge in [-0.3, -0.25) is 9.59 Å². The van der Waals surface area contributed by atoms with Gasteiger partial charge in [-0.05, 0) is 25.2 Å². The molecule has 1 aliphatic heterocycles. The molecule has 0 aromatic heterocycles. The van der Waals surface area contributed by atoms with Crippen molar-refractivity contribution in [1.29, 1.82) is 0 Å². The molecule has 1 amide bonds. The summed E-state index contributed by atoms with van der Waals surface area (Å²) in [5.74, 6) is -0.315. The number of carbonyl (C=O) groups is 2. The van der Waals surface area contributed by atoms with E-state index in [0.29, 0.717) is 25.4 Å². The average molecular weight is 211 g/mol. The van der Waals surface area contributed by atoms with E-state index in [0.717, 1.165) is 12.8 Å². The van der Waals surface area contributed by atoms with Crippen LogP contribution < -0.4 is 0 Å². The Morgan fingerprint density at radius 1 is 1.33 bits per heavy atom. The van der Waals surface area contributed by atoms with Crippen LogP contribution in [0.15, 0.2) is 0 Å². The van der Waals surface area contributed by atoms with Gasteiger partial charge in [0.05, 0.1) is 5.92 Å². The molecule has 1 saturated carbocycles. The molecule has 4 heteroatoms. The Kier molecular flexibility index (Phi) is 2.67. The third kappa shape index (κ3) is 2.13. The van der Waals surface area contributed by atoms with Gasteiger partial charge < -0.3 is 10.0 Å². The number of carboxylic acids is 1. The predicted octanol–water partition coefficient (Wildman–Crippen LogP) is 0.966. The van der Waals surface area contributed by atoms with Gasteiger partial charge in [0, 0.05) is 19.0 Å². The first kappa shape index (κ1) is 10.5. The van der Waals surface area contributed by atoms with Crippen LogP contribution in [-0.4, -0.2) is 35.0 Å². The molecule has 0 radical (unpaired) electrons. The summed E-state index contributed by atoms with van der Waals surface area (Å²) >= 11 is 0. The zero-order chi connectivity index (χ0) is 11.0. The van der Waals surface area contributed by atoms with E-state index in [1.807, 2.05) is 6.92 Å². The van der Waals surface area contributed by atoms with Gasteiger partial charge in [0.25, 0.3) is 0 Å². The van der Waals surface area contributed by atoms with Crippen molar-refractivity contribution in [2.45, 2.75) is 26.2 Å². The van der Waals surface area contributed by atoms with Gasteiger partial charge in [0.1, 0.15) is 0 Å². The third-order valence-electron chi connectivity index (χ3n) is 3.57. The molecule has 2 unspecified atom stereocenters. The number of hydrogen-bond acceptors (Lipinski definition) is 2. The quantitative estimate of drug-likeness (QED) is 0.756. The lowest BCUT2D eigenvalue weighted by Crippen LogP contribution is -2.34. The second-order valence-corrected chi connectivity index (χ2v) is 4.73. The van der Waals surface area contributed by atoms with E-state index in [1.165, 1.54) is 0 Å². The Balaban J connectivity index is 1.89. The Labute approximate surface area is 89.3 Å². The van der Waals surface area contributed by atoms with Crippen LogP contribution in [0.3, 0.4) is 0 Å². The number of hydrogen-bond donors (Lipinski definition) is 1. The van der Waals surface area contributed by atoms with Crippen molar-refractivity contribution in [2.24, 2.45) is 17.8 Å². The van der Waals surface area contributed by atoms with Gasteiger partial charge in [-0.15, -0.1) is 0 Å². The van der Waals surface area contributed by atoms with Crippen molar-refractivity contribution in [3.05, 3.63) is 0 Å². The highest BCUT2D eigenvalue weighted by molar-refractivity contribution is 5.81. The highest BCUT2D eigenvalue weighted by Gasteiger charge is 2.38. The fourth-order valence-corrected chi connectivity index (χ4v) is 2.25. The highest BCUT2D eigenvalue weighted by atomic mass is 16.4. The van der Waals surface area contributed by atoms with Crippen molar-refractivity contribution < 1.29 is 14.7 Å². The Bertz CT molecular complexity index is 286. The highest BCUT2D eigenvalue weighted by Crippen LogP contribution is 2.38. The van der Waals surface area contributed by atoms with Crippen molar-refractivity contribution in [1.82, 2.24) is 4.90 Å². The Morgan fingerprint density at radius 3 is 2.47 bits per heavy atom. The van der Waals surface area contributed by atoms with Crippen LogP contribution in [0.1, 0.15) is 26.2 Å². The summed E-state index contributed by atoms with van der Waals surface area (Å²) in [5.41, 5.74) is 0. The van der Waals surface area contributed by atoms with Crippen molar-refractivity contribution in [3.8, 4) is 0 Å². The summed E-state index contributed by atoms with van der Waals surface area (Å²) in [6.07, 6.45) is 2.92. The van der Waals surface area contributed by atoms with Crippen LogP contribution in [-0.2, 0) is 9.59 Å². The monoisotopic (exact) mass is 211 g/mol. The molecule has 2 fully saturated rings. The standard InChI is InChI=1S/C11H17NO3/c1-7(8-2-3-8)10(13)12-5-4-9(6-12)11(14)15/h7-9H,2-6H2,1H3,(H,14,15). The lowest BCUT2D eigenvalue weighted by molar-refractivity contribution is -0.141. The van der Waals surface area contributed by atoms with Crippen LogP contribution >= 0.6 is 0 Å². The number of aliphatic carboxylic acids is 1. The van der Waals surface area contributed by atoms with Crippen LogP contribution in [0, 0.1) is 17.8 Å². The van der Waals surface area contributed by atoms with Gasteiger partial charge in [-0.25, -0.2) is 0 Å². The first-order valence-electron chi connectivity index (χ1n) is 5.61. The van der Waals surface area contributed by atoms with Crippen LogP contribution in [0.25, 0.3) is 0 Å². The van der Waals surface area contributed by atoms with Crippen LogP contribution in [0.2, 0.25) is 0 Å². The number of carboxylic acid groups (broad SMARTS) is 1. The number of nitrogens with zero attached hydrogens (tertiary/aromatic N) is 1. The SMILES string of the molecule is CC(C(=O)N1CCC(C(=O)O)C1)C1CC1. The summed E-state index contributed by atoms with van der Waals surface area (Å²) in [7, 11) is 0. The largest absolute Gasteiger partial charge is 0.481 e. The lowest BCUT2D eigenvalue weighted by Gasteiger charge is -2.20. The first-order valence-corrected chi connectivity index (χ1v) is 5.61. The minimum atomic E-state index is -0.774. The molecule has 0 aromatic rings. The average Bonchev–Trinajstić information content (AvgIpc) is 2.93. The minimum Gasteiger partial charge on any atom is -0.481 e. The zero-order valence-corrected chi connectivity index (χ0v) is 8.98. The van der Waals surface area contributed by atoms with Gasteiger partial charge >= 0.3 is 5.97 Å². The molecular weight excluding hydrogens is 194 g/mol. The molecule has 4 nitrogen and oxygen atoms in total. The molecule has 2 atom stereocenters. The van der Waals surface area contributed by atoms with Gasteiger partial charge in [0.2, 0.25) is 5.91 Å². The normalized spacial score (nSPS) is 27.8. The van der Waals surface area contributed by atoms with Crippen molar-refractivity contribution in [3.63, 3.8) is 0 Å². The maximum atomic E-state index is 11.9. The number of carbonyl (C=O) groups excluding carboxylic acids is 1. The Morgan fingerprint density at radius 2 is 2.00 bits per heavy atom. The summed E-state index contributed by atoms with van der Waals surface area (Å²) in [6.45, 7) is 2.99. The molecule has 1 saturated heterocycles. The summed E-state index contributed by atoms with van der Waals surface area (Å²) in [4.78, 5) is 24.4. The summed E-state index contributed by atoms with van der Waals surface area (Å²) in [5, 5.41) is 8.83. The molecule has 1 aliphatic carbocycles. The smallest absolute Gasteiger partial charge is 0.308 e. The number of likely N-dealkylation sites (tertiary alicyclic amines) is 1. The second kappa shape index (κ2) is 3.83. The maximum Gasteiger partial charge on any atom is 0.308 e. The fraction of sp³-hybridized carbons (Fsp3) is 0.818. The molecule has 0 aromatic carbocycles. The molecule has 2 aliphatic rings. The number of rotatable bonds is 3. The van der Waals surface area contributed by atoms with E-state index in [2.05, 4.69) is 0 Å². The molecular formula is C11H17NO3. The molecule has 1 heterocycles. The lowest BCUT2D eigenvalue weighted by atomic mass is 10.1. The molecule has 2 rings (SSSR count). The van der Waals surface area contributed by atoms with E-state index >= 15 is 0 Å². The fourth-order valence-electron chi connectivity index (χ4n) is 2.25. The van der Waals surface area contributed by atoms with E-state index in [-0.39, 0.29) is 17.7 Å². The third-order valence-corrected chi connectivity index (χ3v) is 3.57. The minimum absolute atomic E-state index is 0.0949. The second-order valence-electron chi connectivity index (χ2n) is 4.73. The molecule has 15 heavy (non-hydrogen) atoms. The summed E-state index contributed by atoms with van der Waals surface area (Å²) in [6, 6.07) is 0. The van der Waals surface area contributed by atoms with E-state index in [9.17, 15) is 9.59 Å². The molecule has 0 spiro atoms. The maximum absolute atomic E-state index is 11.9. The van der Waals surface area contributed by atoms with Gasteiger partial charge in [-0.2, -0.15) is 0 Å². The summed E-state index contributed by atoms with van der Waals surface area (Å²) < 4.78 is 0. The van der Waals surface area contributed by atoms with E-state index in [1.54, 1.807) is 4.90 Å². The Hall–Kier alpha value is -1.06. The molecule has 0 bridgehead atoms. The van der Waals surface area contributed by atoms with Gasteiger partial charge in [-0.1, -0.05) is 6.92 Å². The number of amides is 1. The molecule has 1 N–H and O–H groups in total. The first-order chi connectivity index (χ1) is 7.09. The zero-order valence-electron chi connectivity index (χ0n) is 8.98. The van der Waals surface area contributed by atoms with Crippen molar-refractivity contribution >= 4 is 11.9 Å².